The molecule has 1 unspecified atom stereocenters. The van der Waals surface area contributed by atoms with Crippen molar-refractivity contribution in [3.05, 3.63) is 205 Å². The van der Waals surface area contributed by atoms with Gasteiger partial charge in [-0.15, -0.1) is 5.69 Å². The van der Waals surface area contributed by atoms with Crippen LogP contribution in [-0.4, -0.2) is 19.5 Å². The molecule has 0 fully saturated rings. The van der Waals surface area contributed by atoms with E-state index in [1.54, 1.807) is 0 Å². The molecule has 2 aromatic heterocycles. The van der Waals surface area contributed by atoms with Crippen LogP contribution in [0, 0.1) is 0 Å². The van der Waals surface area contributed by atoms with Gasteiger partial charge >= 0.3 is 0 Å². The van der Waals surface area contributed by atoms with Crippen LogP contribution in [0.25, 0.3) is 89.2 Å². The summed E-state index contributed by atoms with van der Waals surface area (Å²) in [5.41, 5.74) is 15.4. The Bertz CT molecular complexity index is 3170. The molecular weight excluding hydrogens is 709 g/mol. The Hall–Kier alpha value is -7.83. The molecule has 272 valence electrons. The number of aromatic nitrogens is 4. The average Bonchev–Trinajstić information content (AvgIpc) is 3.84. The van der Waals surface area contributed by atoms with Gasteiger partial charge < -0.3 is 14.8 Å². The third-order valence-electron chi connectivity index (χ3n) is 11.5. The molecule has 58 heavy (non-hydrogen) atoms. The Balaban J connectivity index is 0.986. The van der Waals surface area contributed by atoms with Crippen molar-refractivity contribution in [3.63, 3.8) is 0 Å². The molecule has 0 N–H and O–H groups in total. The van der Waals surface area contributed by atoms with E-state index in [4.69, 9.17) is 20.3 Å². The second kappa shape index (κ2) is 12.9. The molecule has 12 rings (SSSR count). The summed E-state index contributed by atoms with van der Waals surface area (Å²) in [7, 11) is 0. The Kier molecular flexibility index (Phi) is 7.19. The number of anilines is 2. The minimum atomic E-state index is -0.111. The average molecular weight is 742 g/mol. The van der Waals surface area contributed by atoms with Crippen molar-refractivity contribution in [1.82, 2.24) is 19.5 Å². The second-order valence-corrected chi connectivity index (χ2v) is 14.9. The number of hydrogen-bond acceptors (Lipinski definition) is 4. The molecule has 2 aliphatic heterocycles. The largest absolute Gasteiger partial charge is 0.659 e. The molecule has 8 aromatic carbocycles. The molecule has 1 atom stereocenters. The fraction of sp³-hybridized carbons (Fsp3) is 0.0192. The predicted octanol–water partition coefficient (Wildman–Crippen LogP) is 13.5. The van der Waals surface area contributed by atoms with Gasteiger partial charge in [0.25, 0.3) is 0 Å². The van der Waals surface area contributed by atoms with Crippen molar-refractivity contribution in [1.29, 1.82) is 0 Å². The summed E-state index contributed by atoms with van der Waals surface area (Å²) in [6.07, 6.45) is -0.111. The summed E-state index contributed by atoms with van der Waals surface area (Å²) in [4.78, 5) is 17.3. The zero-order valence-corrected chi connectivity index (χ0v) is 31.2. The van der Waals surface area contributed by atoms with Crippen molar-refractivity contribution >= 4 is 38.9 Å². The molecule has 0 aliphatic carbocycles. The monoisotopic (exact) mass is 741 g/mol. The van der Waals surface area contributed by atoms with Crippen LogP contribution < -0.4 is 4.90 Å². The molecule has 6 nitrogen and oxygen atoms in total. The highest BCUT2D eigenvalue weighted by Gasteiger charge is 2.32. The highest BCUT2D eigenvalue weighted by molar-refractivity contribution is 6.13. The minimum Gasteiger partial charge on any atom is -0.659 e. The van der Waals surface area contributed by atoms with Gasteiger partial charge in [-0.05, 0) is 64.8 Å². The Morgan fingerprint density at radius 3 is 1.76 bits per heavy atom. The van der Waals surface area contributed by atoms with E-state index in [1.807, 2.05) is 60.7 Å². The summed E-state index contributed by atoms with van der Waals surface area (Å²) in [5.74, 6) is 1.92. The summed E-state index contributed by atoms with van der Waals surface area (Å²) in [6, 6.07) is 68.3. The van der Waals surface area contributed by atoms with E-state index < -0.39 is 0 Å². The number of benzene rings is 8. The smallest absolute Gasteiger partial charge is 0.164 e. The van der Waals surface area contributed by atoms with Crippen molar-refractivity contribution in [2.45, 2.75) is 6.17 Å². The Morgan fingerprint density at radius 1 is 0.397 bits per heavy atom. The number of fused-ring (bicyclic) bond motifs is 11. The van der Waals surface area contributed by atoms with Crippen molar-refractivity contribution in [2.24, 2.45) is 0 Å². The summed E-state index contributed by atoms with van der Waals surface area (Å²) >= 11 is 0. The maximum absolute atomic E-state index is 5.39. The number of hydrogen-bond donors (Lipinski definition) is 0. The van der Waals surface area contributed by atoms with Crippen molar-refractivity contribution < 1.29 is 0 Å². The van der Waals surface area contributed by atoms with E-state index in [2.05, 4.69) is 143 Å². The zero-order chi connectivity index (χ0) is 38.2. The molecule has 10 aromatic rings. The van der Waals surface area contributed by atoms with Crippen LogP contribution in [0.4, 0.5) is 17.1 Å². The van der Waals surface area contributed by atoms with Gasteiger partial charge in [0.05, 0.1) is 11.0 Å². The molecular formula is C52H33N6-. The molecule has 0 bridgehead atoms. The first-order chi connectivity index (χ1) is 28.7. The van der Waals surface area contributed by atoms with Crippen LogP contribution in [0.3, 0.4) is 0 Å². The van der Waals surface area contributed by atoms with E-state index in [0.29, 0.717) is 17.5 Å². The van der Waals surface area contributed by atoms with Gasteiger partial charge in [0, 0.05) is 50.1 Å². The molecule has 0 radical (unpaired) electrons. The van der Waals surface area contributed by atoms with Crippen molar-refractivity contribution in [3.8, 4) is 62.1 Å². The minimum absolute atomic E-state index is 0.111. The summed E-state index contributed by atoms with van der Waals surface area (Å²) in [5, 5.41) is 7.77. The molecule has 4 heterocycles. The lowest BCUT2D eigenvalue weighted by Gasteiger charge is -2.41. The first-order valence-corrected chi connectivity index (χ1v) is 19.6. The zero-order valence-electron chi connectivity index (χ0n) is 31.2. The van der Waals surface area contributed by atoms with Crippen molar-refractivity contribution in [2.75, 3.05) is 4.90 Å². The SMILES string of the molecule is c1ccc(-c2nc(-c3ccccc3)nc(-c3cccc(-c4cccc(-n5c6ccccc6c6cc7c(cc65)N5c6ccccc6-c6ccccc6C5[N-]7)c4)c3)n2)cc1. The van der Waals surface area contributed by atoms with E-state index in [9.17, 15) is 0 Å². The molecule has 0 amide bonds. The highest BCUT2D eigenvalue weighted by Crippen LogP contribution is 2.60. The molecule has 0 saturated heterocycles. The molecule has 0 saturated carbocycles. The van der Waals surface area contributed by atoms with E-state index in [0.717, 1.165) is 55.9 Å². The number of rotatable bonds is 5. The topological polar surface area (TPSA) is 60.9 Å². The Morgan fingerprint density at radius 2 is 0.983 bits per heavy atom. The summed E-state index contributed by atoms with van der Waals surface area (Å²) in [6.45, 7) is 0. The molecule has 6 heteroatoms. The third-order valence-corrected chi connectivity index (χ3v) is 11.5. The fourth-order valence-electron chi connectivity index (χ4n) is 8.84. The van der Waals surface area contributed by atoms with Crippen LogP contribution in [-0.2, 0) is 0 Å². The first kappa shape index (κ1) is 32.4. The lowest BCUT2D eigenvalue weighted by atomic mass is 9.91. The lowest BCUT2D eigenvalue weighted by Crippen LogP contribution is -2.23. The summed E-state index contributed by atoms with van der Waals surface area (Å²) < 4.78 is 2.40. The predicted molar refractivity (Wildman–Crippen MR) is 236 cm³/mol. The normalized spacial score (nSPS) is 13.8. The second-order valence-electron chi connectivity index (χ2n) is 14.9. The quantitative estimate of drug-likeness (QED) is 0.176. The fourth-order valence-corrected chi connectivity index (χ4v) is 8.84. The lowest BCUT2D eigenvalue weighted by molar-refractivity contribution is 0.852. The van der Waals surface area contributed by atoms with Gasteiger partial charge in [0.2, 0.25) is 0 Å². The third kappa shape index (κ3) is 5.09. The van der Waals surface area contributed by atoms with Crippen LogP contribution in [0.2, 0.25) is 0 Å². The van der Waals surface area contributed by atoms with Crippen LogP contribution in [0.15, 0.2) is 194 Å². The number of para-hydroxylation sites is 2. The standard InChI is InChI=1S/C52H33N6/c1-3-15-33(16-4-1)49-54-50(34-17-5-2-6-18-34)56-51(55-49)37-21-13-19-35(29-37)36-20-14-22-38(30-36)57-45-27-11-10-25-41(45)43-31-44-48(32-47(43)57)58-46-28-12-9-24-40(46)39-23-7-8-26-42(39)52(58)53-44/h1-32,52H/q-1. The highest BCUT2D eigenvalue weighted by atomic mass is 15.3. The van der Waals surface area contributed by atoms with Gasteiger partial charge in [0.1, 0.15) is 0 Å². The first-order valence-electron chi connectivity index (χ1n) is 19.6. The van der Waals surface area contributed by atoms with Gasteiger partial charge in [-0.1, -0.05) is 158 Å². The van der Waals surface area contributed by atoms with Gasteiger partial charge in [-0.3, -0.25) is 0 Å². The van der Waals surface area contributed by atoms with Gasteiger partial charge in [-0.25, -0.2) is 15.0 Å². The number of nitrogens with zero attached hydrogens (tertiary/aromatic N) is 6. The van der Waals surface area contributed by atoms with Crippen LogP contribution >= 0.6 is 0 Å². The molecule has 2 aliphatic rings. The Labute approximate surface area is 335 Å². The van der Waals surface area contributed by atoms with Crippen LogP contribution in [0.5, 0.6) is 0 Å². The van der Waals surface area contributed by atoms with E-state index >= 15 is 0 Å². The maximum Gasteiger partial charge on any atom is 0.164 e. The van der Waals surface area contributed by atoms with E-state index in [-0.39, 0.29) is 6.17 Å². The van der Waals surface area contributed by atoms with E-state index in [1.165, 1.54) is 33.2 Å². The maximum atomic E-state index is 5.39. The molecule has 0 spiro atoms. The van der Waals surface area contributed by atoms with Crippen LogP contribution in [0.1, 0.15) is 11.7 Å². The van der Waals surface area contributed by atoms with Gasteiger partial charge in [0.15, 0.2) is 17.5 Å². The van der Waals surface area contributed by atoms with Gasteiger partial charge in [-0.2, -0.15) is 0 Å².